The number of likely N-dealkylation sites (tertiary alicyclic amines) is 1. The van der Waals surface area contributed by atoms with Crippen LogP contribution in [0.25, 0.3) is 0 Å². The Balaban J connectivity index is 1.46. The smallest absolute Gasteiger partial charge is 0.508 e. The van der Waals surface area contributed by atoms with Gasteiger partial charge in [0.1, 0.15) is 11.5 Å². The first-order chi connectivity index (χ1) is 19.4. The highest BCUT2D eigenvalue weighted by atomic mass is 79.9. The lowest BCUT2D eigenvalue weighted by molar-refractivity contribution is -0.274. The molecule has 4 aliphatic rings. The third kappa shape index (κ3) is 4.61. The monoisotopic (exact) mass is 627 g/mol. The first kappa shape index (κ1) is 27.2. The van der Waals surface area contributed by atoms with Gasteiger partial charge in [0.15, 0.2) is 11.6 Å². The van der Waals surface area contributed by atoms with E-state index in [1.165, 1.54) is 4.90 Å². The molecule has 1 heterocycles. The van der Waals surface area contributed by atoms with Gasteiger partial charge in [-0.2, -0.15) is 0 Å². The van der Waals surface area contributed by atoms with Gasteiger partial charge in [0.25, 0.3) is 0 Å². The molecule has 210 valence electrons. The number of fused-ring (bicyclic) bond motifs is 3. The number of hydrogen-bond donors (Lipinski definition) is 1. The number of alkyl halides is 3. The van der Waals surface area contributed by atoms with Crippen LogP contribution in [0.4, 0.5) is 13.2 Å². The molecule has 0 bridgehead atoms. The van der Waals surface area contributed by atoms with Crippen molar-refractivity contribution in [1.82, 2.24) is 4.90 Å². The summed E-state index contributed by atoms with van der Waals surface area (Å²) >= 11 is 3.12. The van der Waals surface area contributed by atoms with E-state index in [2.05, 4.69) is 20.7 Å². The summed E-state index contributed by atoms with van der Waals surface area (Å²) in [4.78, 5) is 55.0. The zero-order chi connectivity index (χ0) is 29.2. The van der Waals surface area contributed by atoms with Crippen molar-refractivity contribution in [2.45, 2.75) is 31.7 Å². The predicted octanol–water partition coefficient (Wildman–Crippen LogP) is 5.25. The second kappa shape index (κ2) is 9.83. The fourth-order valence-corrected chi connectivity index (χ4v) is 6.96. The number of allylic oxidation sites excluding steroid dienone is 6. The fraction of sp³-hybridized carbons (Fsp3) is 0.267. The number of phenolic OH excluding ortho intramolecular Hbond substituents is 1. The summed E-state index contributed by atoms with van der Waals surface area (Å²) in [6.45, 7) is 0.0776. The summed E-state index contributed by atoms with van der Waals surface area (Å²) in [6.07, 6.45) is -2.04. The number of ketones is 2. The van der Waals surface area contributed by atoms with Gasteiger partial charge in [-0.3, -0.25) is 24.1 Å². The number of rotatable bonds is 4. The topological polar surface area (TPSA) is 101 Å². The zero-order valence-corrected chi connectivity index (χ0v) is 22.7. The molecule has 0 saturated carbocycles. The summed E-state index contributed by atoms with van der Waals surface area (Å²) in [5.74, 6) is -6.17. The molecule has 41 heavy (non-hydrogen) atoms. The fourth-order valence-electron chi connectivity index (χ4n) is 6.51. The number of aromatic hydroxyl groups is 1. The lowest BCUT2D eigenvalue weighted by Crippen LogP contribution is -2.39. The highest BCUT2D eigenvalue weighted by Crippen LogP contribution is 2.56. The number of Topliss-reactive ketones (excluding diaryl/α,β-unsaturated/α-hetero) is 1. The molecule has 1 saturated heterocycles. The van der Waals surface area contributed by atoms with Crippen molar-refractivity contribution in [3.63, 3.8) is 0 Å². The van der Waals surface area contributed by atoms with Crippen molar-refractivity contribution < 1.29 is 42.2 Å². The van der Waals surface area contributed by atoms with Crippen molar-refractivity contribution in [2.75, 3.05) is 0 Å². The molecule has 4 unspecified atom stereocenters. The van der Waals surface area contributed by atoms with E-state index in [9.17, 15) is 37.5 Å². The molecule has 4 atom stereocenters. The van der Waals surface area contributed by atoms with Crippen LogP contribution in [0.1, 0.15) is 29.9 Å². The number of carbonyl (C=O) groups is 4. The number of amides is 2. The first-order valence-corrected chi connectivity index (χ1v) is 13.6. The lowest BCUT2D eigenvalue weighted by atomic mass is 9.59. The Morgan fingerprint density at radius 3 is 2.44 bits per heavy atom. The third-order valence-electron chi connectivity index (χ3n) is 8.15. The summed E-state index contributed by atoms with van der Waals surface area (Å²) in [7, 11) is 0. The highest BCUT2D eigenvalue weighted by Gasteiger charge is 2.56. The minimum absolute atomic E-state index is 0.00987. The van der Waals surface area contributed by atoms with Crippen LogP contribution in [0, 0.1) is 17.8 Å². The van der Waals surface area contributed by atoms with E-state index in [0.29, 0.717) is 5.57 Å². The van der Waals surface area contributed by atoms with Gasteiger partial charge in [0.2, 0.25) is 11.8 Å². The van der Waals surface area contributed by atoms with E-state index in [1.807, 2.05) is 6.07 Å². The minimum Gasteiger partial charge on any atom is -0.508 e. The van der Waals surface area contributed by atoms with Crippen LogP contribution in [0.15, 0.2) is 81.9 Å². The van der Waals surface area contributed by atoms with Gasteiger partial charge in [0.05, 0.1) is 22.9 Å². The van der Waals surface area contributed by atoms with Gasteiger partial charge in [-0.05, 0) is 58.5 Å². The maximum atomic E-state index is 13.8. The Labute approximate surface area is 240 Å². The SMILES string of the molecule is O=C1C=C(Br)C(=O)C2=C1C(c1cc(OC(F)(F)F)ccc1O)C1=CCC3C(=O)N(Cc4ccccc4)C(=O)C3C1C2. The van der Waals surface area contributed by atoms with Crippen molar-refractivity contribution in [1.29, 1.82) is 0 Å². The molecule has 1 N–H and O–H groups in total. The highest BCUT2D eigenvalue weighted by molar-refractivity contribution is 9.12. The molecule has 6 rings (SSSR count). The van der Waals surface area contributed by atoms with Crippen LogP contribution in [0.5, 0.6) is 11.5 Å². The van der Waals surface area contributed by atoms with Crippen LogP contribution in [-0.2, 0) is 25.7 Å². The van der Waals surface area contributed by atoms with E-state index >= 15 is 0 Å². The predicted molar refractivity (Wildman–Crippen MR) is 141 cm³/mol. The van der Waals surface area contributed by atoms with Gasteiger partial charge in [-0.1, -0.05) is 42.0 Å². The van der Waals surface area contributed by atoms with Gasteiger partial charge in [0, 0.05) is 28.7 Å². The van der Waals surface area contributed by atoms with Gasteiger partial charge in [-0.15, -0.1) is 13.2 Å². The summed E-state index contributed by atoms with van der Waals surface area (Å²) in [6, 6.07) is 12.0. The average Bonchev–Trinajstić information content (AvgIpc) is 3.16. The number of halogens is 4. The lowest BCUT2D eigenvalue weighted by Gasteiger charge is -2.42. The van der Waals surface area contributed by atoms with Gasteiger partial charge >= 0.3 is 6.36 Å². The summed E-state index contributed by atoms with van der Waals surface area (Å²) in [5.41, 5.74) is 1.32. The minimum atomic E-state index is -5.01. The van der Waals surface area contributed by atoms with Crippen molar-refractivity contribution in [3.05, 3.63) is 93.0 Å². The Morgan fingerprint density at radius 1 is 1.00 bits per heavy atom. The maximum absolute atomic E-state index is 13.8. The number of ether oxygens (including phenoxy) is 1. The van der Waals surface area contributed by atoms with Crippen LogP contribution < -0.4 is 4.74 Å². The number of hydrogen-bond acceptors (Lipinski definition) is 6. The number of phenols is 1. The molecule has 0 aromatic heterocycles. The molecule has 0 spiro atoms. The summed E-state index contributed by atoms with van der Waals surface area (Å²) < 4.78 is 43.2. The molecule has 11 heteroatoms. The standard InChI is InChI=1S/C30H21BrF3NO6/c31-21-12-23(37)26-20(27(21)38)11-18-16(24(26)19-10-15(6-9-22(19)36)41-30(32,33)34)7-8-17-25(18)29(40)35(28(17)39)13-14-4-2-1-3-5-14/h1-7,9-10,12,17-18,24-25,36H,8,11,13H2. The second-order valence-corrected chi connectivity index (χ2v) is 11.3. The van der Waals surface area contributed by atoms with Crippen LogP contribution in [-0.4, -0.2) is 39.7 Å². The molecule has 2 aromatic rings. The quantitative estimate of drug-likeness (QED) is 0.282. The Kier molecular flexibility index (Phi) is 6.52. The van der Waals surface area contributed by atoms with Crippen molar-refractivity contribution >= 4 is 39.3 Å². The Hall–Kier alpha value is -3.99. The molecule has 7 nitrogen and oxygen atoms in total. The van der Waals surface area contributed by atoms with E-state index < -0.39 is 59.0 Å². The Morgan fingerprint density at radius 2 is 1.73 bits per heavy atom. The molecule has 2 amide bonds. The van der Waals surface area contributed by atoms with Crippen molar-refractivity contribution in [3.8, 4) is 11.5 Å². The van der Waals surface area contributed by atoms with Gasteiger partial charge in [-0.25, -0.2) is 0 Å². The number of nitrogens with zero attached hydrogens (tertiary/aromatic N) is 1. The van der Waals surface area contributed by atoms with Crippen molar-refractivity contribution in [2.24, 2.45) is 17.8 Å². The van der Waals surface area contributed by atoms with Crippen LogP contribution >= 0.6 is 15.9 Å². The molecule has 0 radical (unpaired) electrons. The molecule has 3 aliphatic carbocycles. The molecule has 1 aliphatic heterocycles. The number of carbonyl (C=O) groups excluding carboxylic acids is 4. The van der Waals surface area contributed by atoms with Crippen LogP contribution in [0.3, 0.4) is 0 Å². The maximum Gasteiger partial charge on any atom is 0.573 e. The molecule has 2 aromatic carbocycles. The third-order valence-corrected chi connectivity index (χ3v) is 8.74. The summed E-state index contributed by atoms with van der Waals surface area (Å²) in [5, 5.41) is 10.8. The zero-order valence-electron chi connectivity index (χ0n) is 21.2. The van der Waals surface area contributed by atoms with E-state index in [-0.39, 0.29) is 46.5 Å². The van der Waals surface area contributed by atoms with E-state index in [4.69, 9.17) is 0 Å². The average molecular weight is 628 g/mol. The normalized spacial score (nSPS) is 25.9. The molecule has 1 fully saturated rings. The number of benzene rings is 2. The van der Waals surface area contributed by atoms with Gasteiger partial charge < -0.3 is 9.84 Å². The van der Waals surface area contributed by atoms with E-state index in [1.54, 1.807) is 30.3 Å². The van der Waals surface area contributed by atoms with Crippen LogP contribution in [0.2, 0.25) is 0 Å². The van der Waals surface area contributed by atoms with E-state index in [0.717, 1.165) is 29.8 Å². The largest absolute Gasteiger partial charge is 0.573 e. The number of imide groups is 1. The molecular formula is C30H21BrF3NO6. The Bertz CT molecular complexity index is 1610. The molecular weight excluding hydrogens is 607 g/mol. The second-order valence-electron chi connectivity index (χ2n) is 10.4. The first-order valence-electron chi connectivity index (χ1n) is 12.8.